The number of benzene rings is 1. The lowest BCUT2D eigenvalue weighted by atomic mass is 9.48. The molecule has 1 spiro atoms. The van der Waals surface area contributed by atoms with E-state index in [4.69, 9.17) is 18.9 Å². The van der Waals surface area contributed by atoms with Crippen molar-refractivity contribution in [3.8, 4) is 11.5 Å². The van der Waals surface area contributed by atoms with Crippen molar-refractivity contribution < 1.29 is 33.6 Å². The minimum atomic E-state index is -0.915. The molecule has 9 heteroatoms. The number of piperidine rings is 1. The zero-order chi connectivity index (χ0) is 28.5. The number of nitrogens with zero attached hydrogens (tertiary/aromatic N) is 1. The fraction of sp³-hybridized carbons (Fsp3) is 0.733. The molecule has 6 atom stereocenters. The van der Waals surface area contributed by atoms with E-state index in [-0.39, 0.29) is 24.3 Å². The summed E-state index contributed by atoms with van der Waals surface area (Å²) in [6.07, 6.45) is 2.48. The van der Waals surface area contributed by atoms with Crippen LogP contribution in [0.2, 0.25) is 0 Å². The van der Waals surface area contributed by atoms with Crippen LogP contribution in [0.5, 0.6) is 11.5 Å². The molecule has 5 rings (SSSR count). The van der Waals surface area contributed by atoms with Crippen LogP contribution in [-0.4, -0.2) is 83.7 Å². The largest absolute Gasteiger partial charge is 0.504 e. The van der Waals surface area contributed by atoms with Crippen molar-refractivity contribution >= 4 is 11.9 Å². The van der Waals surface area contributed by atoms with Gasteiger partial charge < -0.3 is 29.0 Å². The van der Waals surface area contributed by atoms with E-state index in [1.165, 1.54) is 5.56 Å². The van der Waals surface area contributed by atoms with Gasteiger partial charge in [-0.1, -0.05) is 6.07 Å². The fourth-order valence-electron chi connectivity index (χ4n) is 7.70. The lowest BCUT2D eigenvalue weighted by molar-refractivity contribution is -0.204. The Morgan fingerprint density at radius 2 is 1.85 bits per heavy atom. The van der Waals surface area contributed by atoms with Crippen molar-refractivity contribution in [3.05, 3.63) is 23.3 Å². The topological polar surface area (TPSA) is 107 Å². The normalized spacial score (nSPS) is 32.2. The summed E-state index contributed by atoms with van der Waals surface area (Å²) in [5.41, 5.74) is -0.166. The number of esters is 2. The van der Waals surface area contributed by atoms with E-state index in [9.17, 15) is 14.7 Å². The number of ether oxygens (including phenoxy) is 4. The van der Waals surface area contributed by atoms with E-state index in [1.54, 1.807) is 33.9 Å². The van der Waals surface area contributed by atoms with Gasteiger partial charge in [-0.15, -0.1) is 0 Å². The molecule has 1 saturated heterocycles. The summed E-state index contributed by atoms with van der Waals surface area (Å²) < 4.78 is 24.5. The molecular weight excluding hydrogens is 500 g/mol. The quantitative estimate of drug-likeness (QED) is 0.522. The Labute approximate surface area is 231 Å². The van der Waals surface area contributed by atoms with Crippen molar-refractivity contribution in [1.29, 1.82) is 0 Å². The predicted octanol–water partition coefficient (Wildman–Crippen LogP) is 3.23. The van der Waals surface area contributed by atoms with Crippen LogP contribution in [-0.2, 0) is 35.6 Å². The molecular formula is C30H44N2O7. The highest BCUT2D eigenvalue weighted by molar-refractivity contribution is 5.83. The molecule has 9 nitrogen and oxygen atoms in total. The van der Waals surface area contributed by atoms with Gasteiger partial charge in [0.25, 0.3) is 0 Å². The first-order chi connectivity index (χ1) is 18.1. The molecule has 0 aromatic heterocycles. The predicted molar refractivity (Wildman–Crippen MR) is 145 cm³/mol. The number of hydrogen-bond acceptors (Lipinski definition) is 9. The third kappa shape index (κ3) is 4.50. The highest BCUT2D eigenvalue weighted by atomic mass is 16.6. The SMILES string of the molecule is CO[C@@]12CC[C@H](N[C@@H](CC(=O)OC(C)(C)C)C(=O)OC(C)(C)C)[C@@H]3Oc4c(O)ccc5c4[C@@]31CCN(C)[C@@H]2C5. The van der Waals surface area contributed by atoms with Crippen molar-refractivity contribution in [3.63, 3.8) is 0 Å². The minimum Gasteiger partial charge on any atom is -0.504 e. The van der Waals surface area contributed by atoms with Gasteiger partial charge in [-0.3, -0.25) is 14.9 Å². The average molecular weight is 545 g/mol. The Balaban J connectivity index is 1.52. The molecule has 1 aromatic carbocycles. The van der Waals surface area contributed by atoms with Crippen molar-refractivity contribution in [2.24, 2.45) is 0 Å². The number of carbonyl (C=O) groups excluding carboxylic acids is 2. The van der Waals surface area contributed by atoms with Crippen molar-refractivity contribution in [1.82, 2.24) is 10.2 Å². The number of methoxy groups -OCH3 is 1. The van der Waals surface area contributed by atoms with Gasteiger partial charge in [0, 0.05) is 24.8 Å². The number of nitrogens with one attached hydrogen (secondary N) is 1. The minimum absolute atomic E-state index is 0.121. The number of rotatable bonds is 6. The van der Waals surface area contributed by atoms with Gasteiger partial charge in [-0.25, -0.2) is 0 Å². The molecule has 2 N–H and O–H groups in total. The van der Waals surface area contributed by atoms with Crippen LogP contribution >= 0.6 is 0 Å². The number of hydrogen-bond donors (Lipinski definition) is 2. The maximum Gasteiger partial charge on any atom is 0.324 e. The average Bonchev–Trinajstić information content (AvgIpc) is 3.17. The van der Waals surface area contributed by atoms with E-state index < -0.39 is 46.3 Å². The van der Waals surface area contributed by atoms with Crippen molar-refractivity contribution in [2.75, 3.05) is 20.7 Å². The lowest BCUT2D eigenvalue weighted by Crippen LogP contribution is -2.78. The van der Waals surface area contributed by atoms with Crippen LogP contribution in [0.15, 0.2) is 12.1 Å². The third-order valence-electron chi connectivity index (χ3n) is 8.95. The number of phenols is 1. The Morgan fingerprint density at radius 3 is 2.49 bits per heavy atom. The van der Waals surface area contributed by atoms with E-state index in [0.717, 1.165) is 31.4 Å². The second-order valence-electron chi connectivity index (χ2n) is 13.7. The zero-order valence-corrected chi connectivity index (χ0v) is 24.6. The fourth-order valence-corrected chi connectivity index (χ4v) is 7.70. The molecule has 0 amide bonds. The first kappa shape index (κ1) is 28.2. The summed E-state index contributed by atoms with van der Waals surface area (Å²) in [6.45, 7) is 11.7. The van der Waals surface area contributed by atoms with E-state index in [1.807, 2.05) is 26.8 Å². The molecule has 1 aromatic rings. The van der Waals surface area contributed by atoms with Crippen molar-refractivity contribution in [2.45, 2.75) is 120 Å². The highest BCUT2D eigenvalue weighted by Crippen LogP contribution is 2.66. The van der Waals surface area contributed by atoms with Gasteiger partial charge in [-0.2, -0.15) is 0 Å². The molecule has 2 fully saturated rings. The molecule has 216 valence electrons. The van der Waals surface area contributed by atoms with E-state index in [2.05, 4.69) is 17.3 Å². The highest BCUT2D eigenvalue weighted by Gasteiger charge is 2.73. The number of likely N-dealkylation sites (N-methyl/N-ethyl adjacent to an activating group) is 1. The summed E-state index contributed by atoms with van der Waals surface area (Å²) in [5, 5.41) is 14.4. The maximum absolute atomic E-state index is 13.4. The van der Waals surface area contributed by atoms with Gasteiger partial charge in [0.05, 0.1) is 17.4 Å². The number of aromatic hydroxyl groups is 1. The molecule has 2 aliphatic carbocycles. The van der Waals surface area contributed by atoms with Gasteiger partial charge in [0.15, 0.2) is 11.5 Å². The molecule has 39 heavy (non-hydrogen) atoms. The summed E-state index contributed by atoms with van der Waals surface area (Å²) in [6, 6.07) is 2.69. The van der Waals surface area contributed by atoms with Crippen LogP contribution in [0.4, 0.5) is 0 Å². The number of phenolic OH excluding ortho intramolecular Hbond substituents is 1. The Kier molecular flexibility index (Phi) is 6.75. The molecule has 0 unspecified atom stereocenters. The monoisotopic (exact) mass is 544 g/mol. The molecule has 2 aliphatic heterocycles. The first-order valence-electron chi connectivity index (χ1n) is 14.1. The van der Waals surface area contributed by atoms with E-state index >= 15 is 0 Å². The number of likely N-dealkylation sites (tertiary alicyclic amines) is 1. The summed E-state index contributed by atoms with van der Waals surface area (Å²) >= 11 is 0. The van der Waals surface area contributed by atoms with Crippen LogP contribution in [0.25, 0.3) is 0 Å². The first-order valence-corrected chi connectivity index (χ1v) is 14.1. The van der Waals surface area contributed by atoms with Gasteiger partial charge in [-0.05, 0) is 92.4 Å². The molecule has 2 bridgehead atoms. The van der Waals surface area contributed by atoms with Crippen LogP contribution < -0.4 is 10.1 Å². The van der Waals surface area contributed by atoms with Crippen LogP contribution in [0.1, 0.15) is 78.4 Å². The second-order valence-corrected chi connectivity index (χ2v) is 13.7. The molecule has 2 heterocycles. The Hall–Kier alpha value is -2.36. The summed E-state index contributed by atoms with van der Waals surface area (Å²) in [7, 11) is 3.94. The Morgan fingerprint density at radius 1 is 1.15 bits per heavy atom. The Bertz CT molecular complexity index is 1160. The van der Waals surface area contributed by atoms with Crippen LogP contribution in [0, 0.1) is 0 Å². The van der Waals surface area contributed by atoms with Gasteiger partial charge in [0.1, 0.15) is 23.3 Å². The molecule has 0 radical (unpaired) electrons. The van der Waals surface area contributed by atoms with Gasteiger partial charge in [0.2, 0.25) is 0 Å². The van der Waals surface area contributed by atoms with E-state index in [0.29, 0.717) is 12.2 Å². The van der Waals surface area contributed by atoms with Gasteiger partial charge >= 0.3 is 11.9 Å². The van der Waals surface area contributed by atoms with Crippen LogP contribution in [0.3, 0.4) is 0 Å². The third-order valence-corrected chi connectivity index (χ3v) is 8.95. The second kappa shape index (κ2) is 9.35. The summed E-state index contributed by atoms with van der Waals surface area (Å²) in [4.78, 5) is 28.7. The summed E-state index contributed by atoms with van der Waals surface area (Å²) in [5.74, 6) is -0.329. The number of carbonyl (C=O) groups is 2. The lowest BCUT2D eigenvalue weighted by Gasteiger charge is -2.65. The molecule has 4 aliphatic rings. The maximum atomic E-state index is 13.4. The standard InChI is InChI=1S/C30H44N2O7/c1-27(2,3)38-22(34)16-19(26(35)39-28(4,5)6)31-18-11-12-30(36-8)21-15-17-9-10-20(33)24-23(17)29(30,25(18)37-24)13-14-32(21)7/h9-10,18-19,21,25,31,33H,11-16H2,1-8H3/t18-,19-,21+,25-,29-,30+/m0/s1. The zero-order valence-electron chi connectivity index (χ0n) is 24.6. The molecule has 1 saturated carbocycles. The smallest absolute Gasteiger partial charge is 0.324 e.